The van der Waals surface area contributed by atoms with E-state index in [1.807, 2.05) is 20.8 Å². The summed E-state index contributed by atoms with van der Waals surface area (Å²) in [5.41, 5.74) is 6.89. The van der Waals surface area contributed by atoms with Crippen LogP contribution in [0.15, 0.2) is 6.20 Å². The van der Waals surface area contributed by atoms with Gasteiger partial charge in [-0.05, 0) is 20.8 Å². The molecule has 0 radical (unpaired) electrons. The fourth-order valence-corrected chi connectivity index (χ4v) is 1.40. The molecule has 1 atom stereocenters. The number of aliphatic carboxylic acids is 1. The Bertz CT molecular complexity index is 344. The van der Waals surface area contributed by atoms with Gasteiger partial charge < -0.3 is 10.8 Å². The third kappa shape index (κ3) is 1.77. The van der Waals surface area contributed by atoms with E-state index in [-0.39, 0.29) is 6.04 Å². The number of nitrogens with two attached hydrogens (primary N) is 1. The summed E-state index contributed by atoms with van der Waals surface area (Å²) in [6.07, 6.45) is 1.52. The van der Waals surface area contributed by atoms with Gasteiger partial charge in [-0.1, -0.05) is 0 Å². The molecule has 0 bridgehead atoms. The molecule has 0 aliphatic rings. The molecule has 78 valence electrons. The molecule has 0 amide bonds. The molecule has 1 rings (SSSR count). The predicted octanol–water partition coefficient (Wildman–Crippen LogP) is 0.857. The number of carbonyl (C=O) groups is 1. The van der Waals surface area contributed by atoms with Crippen molar-refractivity contribution >= 4 is 5.97 Å². The van der Waals surface area contributed by atoms with Gasteiger partial charge in [0.2, 0.25) is 0 Å². The number of nitrogens with zero attached hydrogens (tertiary/aromatic N) is 2. The average molecular weight is 197 g/mol. The minimum absolute atomic E-state index is 0.213. The number of carboxylic acids is 1. The molecule has 1 aromatic rings. The summed E-state index contributed by atoms with van der Waals surface area (Å²) in [7, 11) is 0. The lowest BCUT2D eigenvalue weighted by Crippen LogP contribution is -2.21. The SMILES string of the molecule is Cc1c(C(N)C(=O)O)cnn1C(C)C. The summed E-state index contributed by atoms with van der Waals surface area (Å²) < 4.78 is 1.76. The molecular weight excluding hydrogens is 182 g/mol. The number of carboxylic acid groups (broad SMARTS) is 1. The molecule has 3 N–H and O–H groups in total. The van der Waals surface area contributed by atoms with Gasteiger partial charge >= 0.3 is 5.97 Å². The smallest absolute Gasteiger partial charge is 0.325 e. The largest absolute Gasteiger partial charge is 0.480 e. The van der Waals surface area contributed by atoms with Gasteiger partial charge in [-0.2, -0.15) is 5.10 Å². The van der Waals surface area contributed by atoms with Crippen LogP contribution in [0.2, 0.25) is 0 Å². The normalized spacial score (nSPS) is 13.2. The molecular formula is C9H15N3O2. The summed E-state index contributed by atoms with van der Waals surface area (Å²) in [5, 5.41) is 12.8. The van der Waals surface area contributed by atoms with Crippen molar-refractivity contribution in [3.8, 4) is 0 Å². The molecule has 1 heterocycles. The summed E-state index contributed by atoms with van der Waals surface area (Å²) >= 11 is 0. The highest BCUT2D eigenvalue weighted by atomic mass is 16.4. The van der Waals surface area contributed by atoms with Crippen molar-refractivity contribution in [2.24, 2.45) is 5.73 Å². The molecule has 5 heteroatoms. The van der Waals surface area contributed by atoms with Crippen LogP contribution < -0.4 is 5.73 Å². The van der Waals surface area contributed by atoms with Crippen molar-refractivity contribution in [3.05, 3.63) is 17.5 Å². The lowest BCUT2D eigenvalue weighted by atomic mass is 10.1. The van der Waals surface area contributed by atoms with Crippen molar-refractivity contribution in [1.82, 2.24) is 9.78 Å². The Kier molecular flexibility index (Phi) is 2.90. The first kappa shape index (κ1) is 10.7. The number of rotatable bonds is 3. The zero-order valence-corrected chi connectivity index (χ0v) is 8.56. The van der Waals surface area contributed by atoms with Gasteiger partial charge in [-0.15, -0.1) is 0 Å². The van der Waals surface area contributed by atoms with E-state index in [0.29, 0.717) is 5.56 Å². The van der Waals surface area contributed by atoms with Crippen LogP contribution >= 0.6 is 0 Å². The molecule has 0 aliphatic carbocycles. The van der Waals surface area contributed by atoms with Gasteiger partial charge in [0.15, 0.2) is 0 Å². The summed E-state index contributed by atoms with van der Waals surface area (Å²) in [6, 6.07) is -0.771. The molecule has 1 aromatic heterocycles. The molecule has 0 fully saturated rings. The highest BCUT2D eigenvalue weighted by Gasteiger charge is 2.20. The van der Waals surface area contributed by atoms with Crippen LogP contribution in [0.1, 0.15) is 37.2 Å². The molecule has 0 spiro atoms. The Balaban J connectivity index is 3.06. The molecule has 1 unspecified atom stereocenters. The van der Waals surface area contributed by atoms with Gasteiger partial charge in [0.05, 0.1) is 6.20 Å². The van der Waals surface area contributed by atoms with Crippen LogP contribution in [0.3, 0.4) is 0 Å². The Morgan fingerprint density at radius 2 is 2.21 bits per heavy atom. The van der Waals surface area contributed by atoms with Gasteiger partial charge in [-0.25, -0.2) is 0 Å². The summed E-state index contributed by atoms with van der Waals surface area (Å²) in [4.78, 5) is 10.7. The van der Waals surface area contributed by atoms with E-state index in [9.17, 15) is 4.79 Å². The first-order valence-electron chi connectivity index (χ1n) is 4.47. The molecule has 14 heavy (non-hydrogen) atoms. The van der Waals surface area contributed by atoms with Crippen molar-refractivity contribution in [2.75, 3.05) is 0 Å². The first-order chi connectivity index (χ1) is 6.45. The van der Waals surface area contributed by atoms with E-state index in [0.717, 1.165) is 5.69 Å². The predicted molar refractivity (Wildman–Crippen MR) is 51.9 cm³/mol. The van der Waals surface area contributed by atoms with E-state index >= 15 is 0 Å². The number of aromatic nitrogens is 2. The van der Waals surface area contributed by atoms with Crippen LogP contribution in [-0.4, -0.2) is 20.9 Å². The second-order valence-electron chi connectivity index (χ2n) is 3.54. The van der Waals surface area contributed by atoms with E-state index in [2.05, 4.69) is 5.10 Å². The van der Waals surface area contributed by atoms with Crippen molar-refractivity contribution in [3.63, 3.8) is 0 Å². The summed E-state index contributed by atoms with van der Waals surface area (Å²) in [5.74, 6) is -1.03. The Morgan fingerprint density at radius 1 is 1.64 bits per heavy atom. The van der Waals surface area contributed by atoms with Gasteiger partial charge in [0.25, 0.3) is 0 Å². The average Bonchev–Trinajstić information content (AvgIpc) is 2.45. The van der Waals surface area contributed by atoms with E-state index in [4.69, 9.17) is 10.8 Å². The van der Waals surface area contributed by atoms with E-state index in [1.165, 1.54) is 6.20 Å². The van der Waals surface area contributed by atoms with Crippen LogP contribution in [0.4, 0.5) is 0 Å². The van der Waals surface area contributed by atoms with Crippen molar-refractivity contribution in [1.29, 1.82) is 0 Å². The maximum Gasteiger partial charge on any atom is 0.325 e. The zero-order chi connectivity index (χ0) is 10.9. The monoisotopic (exact) mass is 197 g/mol. The standard InChI is InChI=1S/C9H15N3O2/c1-5(2)12-6(3)7(4-11-12)8(10)9(13)14/h4-5,8H,10H2,1-3H3,(H,13,14). The minimum Gasteiger partial charge on any atom is -0.480 e. The lowest BCUT2D eigenvalue weighted by Gasteiger charge is -2.10. The summed E-state index contributed by atoms with van der Waals surface area (Å²) in [6.45, 7) is 5.79. The maximum absolute atomic E-state index is 10.7. The Morgan fingerprint density at radius 3 is 2.57 bits per heavy atom. The van der Waals surface area contributed by atoms with Crippen LogP contribution in [0.5, 0.6) is 0 Å². The van der Waals surface area contributed by atoms with Crippen molar-refractivity contribution in [2.45, 2.75) is 32.9 Å². The fourth-order valence-electron chi connectivity index (χ4n) is 1.40. The fraction of sp³-hybridized carbons (Fsp3) is 0.556. The van der Waals surface area contributed by atoms with Gasteiger partial charge in [-0.3, -0.25) is 9.48 Å². The van der Waals surface area contributed by atoms with Crippen LogP contribution in [-0.2, 0) is 4.79 Å². The third-order valence-corrected chi connectivity index (χ3v) is 2.17. The van der Waals surface area contributed by atoms with Crippen molar-refractivity contribution < 1.29 is 9.90 Å². The lowest BCUT2D eigenvalue weighted by molar-refractivity contribution is -0.138. The topological polar surface area (TPSA) is 81.1 Å². The highest BCUT2D eigenvalue weighted by molar-refractivity contribution is 5.75. The molecule has 0 saturated heterocycles. The van der Waals surface area contributed by atoms with Crippen LogP contribution in [0.25, 0.3) is 0 Å². The van der Waals surface area contributed by atoms with Crippen LogP contribution in [0, 0.1) is 6.92 Å². The van der Waals surface area contributed by atoms with E-state index in [1.54, 1.807) is 4.68 Å². The molecule has 0 aliphatic heterocycles. The molecule has 0 saturated carbocycles. The zero-order valence-electron chi connectivity index (χ0n) is 8.56. The van der Waals surface area contributed by atoms with E-state index < -0.39 is 12.0 Å². The Hall–Kier alpha value is -1.36. The van der Waals surface area contributed by atoms with Gasteiger partial charge in [0.1, 0.15) is 6.04 Å². The number of hydrogen-bond donors (Lipinski definition) is 2. The number of hydrogen-bond acceptors (Lipinski definition) is 3. The highest BCUT2D eigenvalue weighted by Crippen LogP contribution is 2.18. The minimum atomic E-state index is -1.03. The van der Waals surface area contributed by atoms with Gasteiger partial charge in [0, 0.05) is 17.3 Å². The second-order valence-corrected chi connectivity index (χ2v) is 3.54. The maximum atomic E-state index is 10.7. The molecule has 5 nitrogen and oxygen atoms in total. The first-order valence-corrected chi connectivity index (χ1v) is 4.47. The second kappa shape index (κ2) is 3.79. The third-order valence-electron chi connectivity index (χ3n) is 2.17. The quantitative estimate of drug-likeness (QED) is 0.752. The Labute approximate surface area is 82.5 Å². The molecule has 0 aromatic carbocycles.